The molecule has 1 aliphatic carbocycles. The monoisotopic (exact) mass is 197 g/mol. The smallest absolute Gasteiger partial charge is 0.00923 e. The van der Waals surface area contributed by atoms with E-state index in [4.69, 9.17) is 0 Å². The average Bonchev–Trinajstić information content (AvgIpc) is 2.86. The van der Waals surface area contributed by atoms with Gasteiger partial charge in [-0.1, -0.05) is 33.6 Å². The molecule has 1 heteroatoms. The van der Waals surface area contributed by atoms with E-state index in [0.29, 0.717) is 5.41 Å². The first kappa shape index (κ1) is 12.0. The van der Waals surface area contributed by atoms with Gasteiger partial charge in [-0.15, -0.1) is 0 Å². The highest BCUT2D eigenvalue weighted by Gasteiger charge is 2.29. The zero-order chi connectivity index (χ0) is 10.6. The molecule has 0 aliphatic heterocycles. The molecule has 1 nitrogen and oxygen atoms in total. The molecule has 0 saturated heterocycles. The maximum absolute atomic E-state index is 3.46. The molecular weight excluding hydrogens is 170 g/mol. The van der Waals surface area contributed by atoms with Crippen LogP contribution < -0.4 is 5.32 Å². The lowest BCUT2D eigenvalue weighted by atomic mass is 9.89. The van der Waals surface area contributed by atoms with Crippen LogP contribution in [0.25, 0.3) is 0 Å². The molecule has 0 aromatic heterocycles. The maximum Gasteiger partial charge on any atom is 0.00923 e. The van der Waals surface area contributed by atoms with Crippen molar-refractivity contribution in [2.24, 2.45) is 11.3 Å². The molecule has 0 amide bonds. The lowest BCUT2D eigenvalue weighted by Gasteiger charge is -2.19. The van der Waals surface area contributed by atoms with Gasteiger partial charge in [-0.3, -0.25) is 0 Å². The molecule has 1 rings (SSSR count). The van der Waals surface area contributed by atoms with E-state index in [9.17, 15) is 0 Å². The highest BCUT2D eigenvalue weighted by molar-refractivity contribution is 4.85. The van der Waals surface area contributed by atoms with E-state index in [2.05, 4.69) is 33.1 Å². The number of hydrogen-bond donors (Lipinski definition) is 1. The molecule has 0 radical (unpaired) electrons. The normalized spacial score (nSPS) is 19.7. The fourth-order valence-electron chi connectivity index (χ4n) is 2.13. The predicted octanol–water partition coefficient (Wildman–Crippen LogP) is 3.59. The van der Waals surface area contributed by atoms with E-state index in [0.717, 1.165) is 12.0 Å². The van der Waals surface area contributed by atoms with Crippen molar-refractivity contribution in [3.63, 3.8) is 0 Å². The first-order valence-corrected chi connectivity index (χ1v) is 6.20. The van der Waals surface area contributed by atoms with Gasteiger partial charge < -0.3 is 5.32 Å². The molecule has 1 N–H and O–H groups in total. The van der Waals surface area contributed by atoms with Crippen molar-refractivity contribution in [3.05, 3.63) is 0 Å². The van der Waals surface area contributed by atoms with Crippen molar-refractivity contribution < 1.29 is 0 Å². The second-order valence-corrected chi connectivity index (χ2v) is 6.04. The van der Waals surface area contributed by atoms with Gasteiger partial charge in [0.2, 0.25) is 0 Å². The summed E-state index contributed by atoms with van der Waals surface area (Å²) >= 11 is 0. The van der Waals surface area contributed by atoms with Gasteiger partial charge in [0.05, 0.1) is 0 Å². The Balaban J connectivity index is 2.02. The van der Waals surface area contributed by atoms with Crippen LogP contribution >= 0.6 is 0 Å². The Labute approximate surface area is 89.7 Å². The van der Waals surface area contributed by atoms with E-state index < -0.39 is 0 Å². The molecule has 1 aliphatic rings. The molecular formula is C13H27N. The van der Waals surface area contributed by atoms with E-state index in [1.807, 2.05) is 0 Å². The fourth-order valence-corrected chi connectivity index (χ4v) is 2.13. The summed E-state index contributed by atoms with van der Waals surface area (Å²) in [6.07, 6.45) is 8.48. The van der Waals surface area contributed by atoms with E-state index in [1.54, 1.807) is 0 Å². The van der Waals surface area contributed by atoms with Gasteiger partial charge in [-0.05, 0) is 44.1 Å². The van der Waals surface area contributed by atoms with Crippen molar-refractivity contribution >= 4 is 0 Å². The summed E-state index contributed by atoms with van der Waals surface area (Å²) in [6.45, 7) is 7.01. The van der Waals surface area contributed by atoms with Crippen molar-refractivity contribution in [1.29, 1.82) is 0 Å². The zero-order valence-electron chi connectivity index (χ0n) is 10.4. The molecule has 0 heterocycles. The molecule has 1 unspecified atom stereocenters. The Hall–Kier alpha value is -0.0400. The van der Waals surface area contributed by atoms with Crippen LogP contribution in [-0.4, -0.2) is 13.1 Å². The van der Waals surface area contributed by atoms with Crippen molar-refractivity contribution in [2.75, 3.05) is 7.05 Å². The molecule has 84 valence electrons. The summed E-state index contributed by atoms with van der Waals surface area (Å²) < 4.78 is 0. The molecule has 1 fully saturated rings. The summed E-state index contributed by atoms with van der Waals surface area (Å²) in [6, 6.07) is 0.815. The molecule has 0 bridgehead atoms. The van der Waals surface area contributed by atoms with Crippen LogP contribution in [0.5, 0.6) is 0 Å². The molecule has 0 spiro atoms. The van der Waals surface area contributed by atoms with Gasteiger partial charge >= 0.3 is 0 Å². The second kappa shape index (κ2) is 5.16. The molecule has 1 saturated carbocycles. The zero-order valence-corrected chi connectivity index (χ0v) is 10.4. The van der Waals surface area contributed by atoms with Crippen LogP contribution in [0.2, 0.25) is 0 Å². The predicted molar refractivity (Wildman–Crippen MR) is 63.5 cm³/mol. The van der Waals surface area contributed by atoms with Crippen LogP contribution in [0.15, 0.2) is 0 Å². The maximum atomic E-state index is 3.46. The lowest BCUT2D eigenvalue weighted by Crippen LogP contribution is -2.27. The summed E-state index contributed by atoms with van der Waals surface area (Å²) in [5.41, 5.74) is 0.523. The second-order valence-electron chi connectivity index (χ2n) is 6.04. The van der Waals surface area contributed by atoms with Gasteiger partial charge in [0.1, 0.15) is 0 Å². The topological polar surface area (TPSA) is 12.0 Å². The first-order valence-electron chi connectivity index (χ1n) is 6.20. The lowest BCUT2D eigenvalue weighted by molar-refractivity contribution is 0.346. The van der Waals surface area contributed by atoms with Crippen LogP contribution in [-0.2, 0) is 0 Å². The number of rotatable bonds is 6. The van der Waals surface area contributed by atoms with Crippen LogP contribution in [0, 0.1) is 11.3 Å². The molecule has 0 aromatic carbocycles. The minimum Gasteiger partial charge on any atom is -0.317 e. The quantitative estimate of drug-likeness (QED) is 0.642. The Kier molecular flexibility index (Phi) is 4.43. The summed E-state index contributed by atoms with van der Waals surface area (Å²) in [4.78, 5) is 0. The van der Waals surface area contributed by atoms with Crippen molar-refractivity contribution in [2.45, 2.75) is 65.3 Å². The molecule has 1 atom stereocenters. The SMILES string of the molecule is CNC(CCCCC(C)(C)C)C1CC1. The van der Waals surface area contributed by atoms with E-state index in [-0.39, 0.29) is 0 Å². The minimum absolute atomic E-state index is 0.523. The van der Waals surface area contributed by atoms with Crippen LogP contribution in [0.3, 0.4) is 0 Å². The third kappa shape index (κ3) is 4.99. The standard InChI is InChI=1S/C13H27N/c1-13(2,3)10-6-5-7-12(14-4)11-8-9-11/h11-12,14H,5-10H2,1-4H3. The van der Waals surface area contributed by atoms with Gasteiger partial charge in [-0.2, -0.15) is 0 Å². The van der Waals surface area contributed by atoms with E-state index in [1.165, 1.54) is 38.5 Å². The average molecular weight is 197 g/mol. The largest absolute Gasteiger partial charge is 0.317 e. The third-order valence-corrected chi connectivity index (χ3v) is 3.25. The number of hydrogen-bond acceptors (Lipinski definition) is 1. The van der Waals surface area contributed by atoms with Gasteiger partial charge in [0, 0.05) is 6.04 Å². The van der Waals surface area contributed by atoms with Gasteiger partial charge in [-0.25, -0.2) is 0 Å². The number of nitrogens with one attached hydrogen (secondary N) is 1. The van der Waals surface area contributed by atoms with Crippen molar-refractivity contribution in [1.82, 2.24) is 5.32 Å². The Bertz CT molecular complexity index is 153. The molecule has 14 heavy (non-hydrogen) atoms. The van der Waals surface area contributed by atoms with Crippen molar-refractivity contribution in [3.8, 4) is 0 Å². The Morgan fingerprint density at radius 3 is 2.29 bits per heavy atom. The van der Waals surface area contributed by atoms with Crippen LogP contribution in [0.4, 0.5) is 0 Å². The van der Waals surface area contributed by atoms with Crippen LogP contribution in [0.1, 0.15) is 59.3 Å². The van der Waals surface area contributed by atoms with Gasteiger partial charge in [0.15, 0.2) is 0 Å². The summed E-state index contributed by atoms with van der Waals surface area (Å²) in [5.74, 6) is 1.01. The highest BCUT2D eigenvalue weighted by Crippen LogP contribution is 2.34. The summed E-state index contributed by atoms with van der Waals surface area (Å²) in [7, 11) is 2.12. The fraction of sp³-hybridized carbons (Fsp3) is 1.00. The molecule has 0 aromatic rings. The highest BCUT2D eigenvalue weighted by atomic mass is 14.9. The van der Waals surface area contributed by atoms with E-state index >= 15 is 0 Å². The Morgan fingerprint density at radius 1 is 1.21 bits per heavy atom. The van der Waals surface area contributed by atoms with Gasteiger partial charge in [0.25, 0.3) is 0 Å². The third-order valence-electron chi connectivity index (χ3n) is 3.25. The summed E-state index contributed by atoms with van der Waals surface area (Å²) in [5, 5.41) is 3.46. The first-order chi connectivity index (χ1) is 6.53. The minimum atomic E-state index is 0.523. The number of unbranched alkanes of at least 4 members (excludes halogenated alkanes) is 1. The Morgan fingerprint density at radius 2 is 1.86 bits per heavy atom.